The van der Waals surface area contributed by atoms with Crippen molar-refractivity contribution in [2.75, 3.05) is 0 Å². The standard InChI is InChI=1S/C11H19N5O/c1-8(4-9-2-3-9)13-11(17)7-16-6-10(5-12)14-15-16/h6,8-9H,2-5,7,12H2,1H3,(H,13,17). The van der Waals surface area contributed by atoms with Gasteiger partial charge in [0.2, 0.25) is 5.91 Å². The van der Waals surface area contributed by atoms with Gasteiger partial charge >= 0.3 is 0 Å². The average molecular weight is 237 g/mol. The van der Waals surface area contributed by atoms with Crippen molar-refractivity contribution in [1.29, 1.82) is 0 Å². The van der Waals surface area contributed by atoms with Gasteiger partial charge in [-0.3, -0.25) is 4.79 Å². The van der Waals surface area contributed by atoms with Crippen LogP contribution in [0.4, 0.5) is 0 Å². The summed E-state index contributed by atoms with van der Waals surface area (Å²) in [5.74, 6) is 0.798. The summed E-state index contributed by atoms with van der Waals surface area (Å²) in [5.41, 5.74) is 6.12. The van der Waals surface area contributed by atoms with Crippen molar-refractivity contribution in [1.82, 2.24) is 20.3 Å². The molecule has 3 N–H and O–H groups in total. The molecule has 1 aliphatic carbocycles. The number of amides is 1. The molecule has 1 aromatic rings. The molecule has 0 spiro atoms. The number of nitrogens with two attached hydrogens (primary N) is 1. The van der Waals surface area contributed by atoms with Gasteiger partial charge in [-0.1, -0.05) is 18.1 Å². The molecule has 6 nitrogen and oxygen atoms in total. The Kier molecular flexibility index (Phi) is 3.73. The van der Waals surface area contributed by atoms with E-state index in [1.165, 1.54) is 17.5 Å². The highest BCUT2D eigenvalue weighted by Crippen LogP contribution is 2.33. The lowest BCUT2D eigenvalue weighted by Crippen LogP contribution is -2.35. The fourth-order valence-electron chi connectivity index (χ4n) is 1.89. The van der Waals surface area contributed by atoms with Crippen molar-refractivity contribution in [2.45, 2.75) is 45.3 Å². The molecule has 1 fully saturated rings. The molecule has 0 saturated heterocycles. The molecular weight excluding hydrogens is 218 g/mol. The number of rotatable bonds is 6. The molecule has 0 radical (unpaired) electrons. The third-order valence-corrected chi connectivity index (χ3v) is 2.89. The Morgan fingerprint density at radius 1 is 1.71 bits per heavy atom. The second kappa shape index (κ2) is 5.27. The Labute approximate surface area is 101 Å². The molecule has 1 aliphatic rings. The van der Waals surface area contributed by atoms with E-state index >= 15 is 0 Å². The summed E-state index contributed by atoms with van der Waals surface area (Å²) in [6.07, 6.45) is 5.40. The van der Waals surface area contributed by atoms with Crippen molar-refractivity contribution in [3.05, 3.63) is 11.9 Å². The lowest BCUT2D eigenvalue weighted by Gasteiger charge is -2.12. The minimum absolute atomic E-state index is 0.0216. The number of nitrogens with zero attached hydrogens (tertiary/aromatic N) is 3. The third-order valence-electron chi connectivity index (χ3n) is 2.89. The van der Waals surface area contributed by atoms with Crippen LogP contribution in [0.25, 0.3) is 0 Å². The van der Waals surface area contributed by atoms with Gasteiger partial charge in [-0.15, -0.1) is 5.10 Å². The lowest BCUT2D eigenvalue weighted by molar-refractivity contribution is -0.122. The van der Waals surface area contributed by atoms with Crippen LogP contribution >= 0.6 is 0 Å². The Morgan fingerprint density at radius 2 is 2.47 bits per heavy atom. The van der Waals surface area contributed by atoms with E-state index in [1.54, 1.807) is 6.20 Å². The second-order valence-corrected chi connectivity index (χ2v) is 4.76. The molecule has 6 heteroatoms. The monoisotopic (exact) mass is 237 g/mol. The molecule has 1 aromatic heterocycles. The Hall–Kier alpha value is -1.43. The average Bonchev–Trinajstić information content (AvgIpc) is 2.95. The maximum atomic E-state index is 11.7. The van der Waals surface area contributed by atoms with E-state index in [0.717, 1.165) is 12.3 Å². The summed E-state index contributed by atoms with van der Waals surface area (Å²) in [4.78, 5) is 11.7. The number of aromatic nitrogens is 3. The van der Waals surface area contributed by atoms with E-state index in [2.05, 4.69) is 15.6 Å². The first-order valence-corrected chi connectivity index (χ1v) is 6.06. The maximum absolute atomic E-state index is 11.7. The zero-order valence-electron chi connectivity index (χ0n) is 10.1. The van der Waals surface area contributed by atoms with Gasteiger partial charge in [0.05, 0.1) is 11.9 Å². The van der Waals surface area contributed by atoms with E-state index < -0.39 is 0 Å². The van der Waals surface area contributed by atoms with E-state index in [-0.39, 0.29) is 18.5 Å². The molecule has 1 unspecified atom stereocenters. The molecule has 1 amide bonds. The summed E-state index contributed by atoms with van der Waals surface area (Å²) >= 11 is 0. The zero-order chi connectivity index (χ0) is 12.3. The van der Waals surface area contributed by atoms with Gasteiger partial charge in [-0.05, 0) is 19.3 Å². The number of carbonyl (C=O) groups excluding carboxylic acids is 1. The molecule has 0 aliphatic heterocycles. The molecule has 0 bridgehead atoms. The highest BCUT2D eigenvalue weighted by Gasteiger charge is 2.24. The summed E-state index contributed by atoms with van der Waals surface area (Å²) < 4.78 is 1.52. The third kappa shape index (κ3) is 3.81. The summed E-state index contributed by atoms with van der Waals surface area (Å²) in [5, 5.41) is 10.6. The summed E-state index contributed by atoms with van der Waals surface area (Å²) in [6.45, 7) is 2.60. The van der Waals surface area contributed by atoms with Gasteiger partial charge in [0, 0.05) is 12.6 Å². The summed E-state index contributed by atoms with van der Waals surface area (Å²) in [6, 6.07) is 0.243. The van der Waals surface area contributed by atoms with Gasteiger partial charge < -0.3 is 11.1 Å². The number of hydrogen-bond acceptors (Lipinski definition) is 4. The van der Waals surface area contributed by atoms with Gasteiger partial charge in [0.25, 0.3) is 0 Å². The topological polar surface area (TPSA) is 85.8 Å². The highest BCUT2D eigenvalue weighted by molar-refractivity contribution is 5.75. The van der Waals surface area contributed by atoms with Crippen LogP contribution in [-0.2, 0) is 17.9 Å². The second-order valence-electron chi connectivity index (χ2n) is 4.76. The van der Waals surface area contributed by atoms with Crippen LogP contribution in [0.1, 0.15) is 31.9 Å². The van der Waals surface area contributed by atoms with Gasteiger partial charge in [-0.2, -0.15) is 0 Å². The number of nitrogens with one attached hydrogen (secondary N) is 1. The van der Waals surface area contributed by atoms with Crippen LogP contribution < -0.4 is 11.1 Å². The zero-order valence-corrected chi connectivity index (χ0v) is 10.1. The first-order valence-electron chi connectivity index (χ1n) is 6.06. The van der Waals surface area contributed by atoms with Crippen molar-refractivity contribution < 1.29 is 4.79 Å². The van der Waals surface area contributed by atoms with E-state index in [1.807, 2.05) is 6.92 Å². The van der Waals surface area contributed by atoms with Crippen LogP contribution in [0.15, 0.2) is 6.20 Å². The minimum atomic E-state index is -0.0216. The normalized spacial score (nSPS) is 16.8. The smallest absolute Gasteiger partial charge is 0.242 e. The van der Waals surface area contributed by atoms with Crippen LogP contribution in [0.2, 0.25) is 0 Å². The SMILES string of the molecule is CC(CC1CC1)NC(=O)Cn1cc(CN)nn1. The van der Waals surface area contributed by atoms with Crippen LogP contribution in [-0.4, -0.2) is 26.9 Å². The molecule has 1 saturated carbocycles. The molecule has 94 valence electrons. The van der Waals surface area contributed by atoms with E-state index in [0.29, 0.717) is 12.2 Å². The van der Waals surface area contributed by atoms with Crippen molar-refractivity contribution >= 4 is 5.91 Å². The van der Waals surface area contributed by atoms with Crippen LogP contribution in [0, 0.1) is 5.92 Å². The van der Waals surface area contributed by atoms with E-state index in [4.69, 9.17) is 5.73 Å². The quantitative estimate of drug-likeness (QED) is 0.731. The predicted octanol–water partition coefficient (Wildman–Crippen LogP) is 0.0416. The number of hydrogen-bond donors (Lipinski definition) is 2. The molecule has 1 atom stereocenters. The molecule has 0 aromatic carbocycles. The van der Waals surface area contributed by atoms with Gasteiger partial charge in [0.1, 0.15) is 6.54 Å². The highest BCUT2D eigenvalue weighted by atomic mass is 16.2. The van der Waals surface area contributed by atoms with Crippen molar-refractivity contribution in [3.63, 3.8) is 0 Å². The molecule has 2 rings (SSSR count). The largest absolute Gasteiger partial charge is 0.352 e. The van der Waals surface area contributed by atoms with Crippen LogP contribution in [0.3, 0.4) is 0 Å². The van der Waals surface area contributed by atoms with Crippen molar-refractivity contribution in [2.24, 2.45) is 11.7 Å². The van der Waals surface area contributed by atoms with Crippen LogP contribution in [0.5, 0.6) is 0 Å². The fraction of sp³-hybridized carbons (Fsp3) is 0.727. The lowest BCUT2D eigenvalue weighted by atomic mass is 10.1. The molecular formula is C11H19N5O. The molecule has 17 heavy (non-hydrogen) atoms. The summed E-state index contributed by atoms with van der Waals surface area (Å²) in [7, 11) is 0. The Balaban J connectivity index is 1.75. The van der Waals surface area contributed by atoms with Gasteiger partial charge in [-0.25, -0.2) is 4.68 Å². The number of carbonyl (C=O) groups is 1. The maximum Gasteiger partial charge on any atom is 0.242 e. The predicted molar refractivity (Wildman–Crippen MR) is 62.9 cm³/mol. The molecule has 1 heterocycles. The minimum Gasteiger partial charge on any atom is -0.352 e. The van der Waals surface area contributed by atoms with E-state index in [9.17, 15) is 4.79 Å². The van der Waals surface area contributed by atoms with Gasteiger partial charge in [0.15, 0.2) is 0 Å². The first-order chi connectivity index (χ1) is 8.17. The Morgan fingerprint density at radius 3 is 3.06 bits per heavy atom. The first kappa shape index (κ1) is 12.0. The van der Waals surface area contributed by atoms with Crippen molar-refractivity contribution in [3.8, 4) is 0 Å². The Bertz CT molecular complexity index is 385. The fourth-order valence-corrected chi connectivity index (χ4v) is 1.89.